The number of amides is 1. The van der Waals surface area contributed by atoms with Crippen LogP contribution in [0.3, 0.4) is 0 Å². The maximum atomic E-state index is 13.2. The third-order valence-corrected chi connectivity index (χ3v) is 9.66. The molecule has 34 heavy (non-hydrogen) atoms. The van der Waals surface area contributed by atoms with Crippen LogP contribution in [0.15, 0.2) is 46.7 Å². The molecular formula is C24H30N2O6S2. The average molecular weight is 507 g/mol. The van der Waals surface area contributed by atoms with E-state index in [1.54, 1.807) is 5.38 Å². The van der Waals surface area contributed by atoms with Gasteiger partial charge in [0, 0.05) is 32.6 Å². The second kappa shape index (κ2) is 10.5. The predicted octanol–water partition coefficient (Wildman–Crippen LogP) is 3.40. The maximum absolute atomic E-state index is 13.2. The Hall–Kier alpha value is -2.43. The number of methoxy groups -OCH3 is 1. The number of piperidine rings is 1. The summed E-state index contributed by atoms with van der Waals surface area (Å²) in [6.45, 7) is 2.61. The number of esters is 1. The van der Waals surface area contributed by atoms with Crippen molar-refractivity contribution in [3.8, 4) is 5.75 Å². The van der Waals surface area contributed by atoms with Gasteiger partial charge in [-0.15, -0.1) is 11.3 Å². The lowest BCUT2D eigenvalue weighted by Crippen LogP contribution is -2.44. The number of rotatable bonds is 8. The first kappa shape index (κ1) is 24.7. The quantitative estimate of drug-likeness (QED) is 0.403. The SMILES string of the molecule is COC(=O)c1sccc1S(=O)(=O)N1CCC2(CCN(C(=O)CCCOc3ccccc3)CC2)C1. The van der Waals surface area contributed by atoms with E-state index in [-0.39, 0.29) is 21.1 Å². The van der Waals surface area contributed by atoms with Gasteiger partial charge >= 0.3 is 5.97 Å². The number of para-hydroxylation sites is 1. The first-order chi connectivity index (χ1) is 16.3. The number of nitrogens with zero attached hydrogens (tertiary/aromatic N) is 2. The molecule has 0 bridgehead atoms. The van der Waals surface area contributed by atoms with Crippen LogP contribution in [0.5, 0.6) is 5.75 Å². The highest BCUT2D eigenvalue weighted by Gasteiger charge is 2.45. The lowest BCUT2D eigenvalue weighted by Gasteiger charge is -2.39. The van der Waals surface area contributed by atoms with E-state index in [2.05, 4.69) is 0 Å². The molecule has 1 amide bonds. The van der Waals surface area contributed by atoms with Crippen LogP contribution in [-0.2, 0) is 19.6 Å². The third kappa shape index (κ3) is 5.29. The van der Waals surface area contributed by atoms with Crippen LogP contribution in [-0.4, -0.2) is 69.4 Å². The standard InChI is InChI=1S/C24H30N2O6S2/c1-31-23(28)22-20(9-17-33-22)34(29,30)26-15-12-24(18-26)10-13-25(14-11-24)21(27)8-5-16-32-19-6-3-2-4-7-19/h2-4,6-7,9,17H,5,8,10-16,18H2,1H3. The Morgan fingerprint density at radius 3 is 2.47 bits per heavy atom. The minimum Gasteiger partial charge on any atom is -0.494 e. The summed E-state index contributed by atoms with van der Waals surface area (Å²) in [5.41, 5.74) is -0.123. The summed E-state index contributed by atoms with van der Waals surface area (Å²) < 4.78 is 38.4. The fraction of sp³-hybridized carbons (Fsp3) is 0.500. The molecule has 2 aliphatic rings. The number of benzene rings is 1. The highest BCUT2D eigenvalue weighted by molar-refractivity contribution is 7.89. The Morgan fingerprint density at radius 2 is 1.76 bits per heavy atom. The van der Waals surface area contributed by atoms with E-state index in [9.17, 15) is 18.0 Å². The van der Waals surface area contributed by atoms with Crippen LogP contribution in [0.25, 0.3) is 0 Å². The second-order valence-corrected chi connectivity index (χ2v) is 11.7. The van der Waals surface area contributed by atoms with Gasteiger partial charge in [-0.25, -0.2) is 13.2 Å². The molecule has 1 spiro atoms. The van der Waals surface area contributed by atoms with Crippen LogP contribution >= 0.6 is 11.3 Å². The number of carbonyl (C=O) groups is 2. The van der Waals surface area contributed by atoms with E-state index in [4.69, 9.17) is 9.47 Å². The van der Waals surface area contributed by atoms with Crippen molar-refractivity contribution in [3.05, 3.63) is 46.7 Å². The van der Waals surface area contributed by atoms with Crippen molar-refractivity contribution < 1.29 is 27.5 Å². The molecule has 2 saturated heterocycles. The molecule has 0 atom stereocenters. The normalized spacial score (nSPS) is 18.2. The van der Waals surface area contributed by atoms with E-state index < -0.39 is 16.0 Å². The lowest BCUT2D eigenvalue weighted by molar-refractivity contribution is -0.133. The summed E-state index contributed by atoms with van der Waals surface area (Å²) in [5.74, 6) is 0.287. The molecule has 0 saturated carbocycles. The third-order valence-electron chi connectivity index (χ3n) is 6.74. The lowest BCUT2D eigenvalue weighted by atomic mass is 9.78. The second-order valence-electron chi connectivity index (χ2n) is 8.84. The molecule has 2 aromatic rings. The van der Waals surface area contributed by atoms with Gasteiger partial charge in [0.05, 0.1) is 13.7 Å². The van der Waals surface area contributed by atoms with Crippen molar-refractivity contribution in [2.75, 3.05) is 39.9 Å². The molecule has 1 aromatic heterocycles. The number of likely N-dealkylation sites (tertiary alicyclic amines) is 1. The van der Waals surface area contributed by atoms with Crippen LogP contribution in [0.4, 0.5) is 0 Å². The fourth-order valence-electron chi connectivity index (χ4n) is 4.71. The molecule has 2 aliphatic heterocycles. The molecule has 0 radical (unpaired) electrons. The summed E-state index contributed by atoms with van der Waals surface area (Å²) in [6.07, 6.45) is 3.41. The molecule has 3 heterocycles. The van der Waals surface area contributed by atoms with Gasteiger partial charge in [-0.2, -0.15) is 4.31 Å². The first-order valence-corrected chi connectivity index (χ1v) is 13.8. The number of hydrogen-bond acceptors (Lipinski definition) is 7. The van der Waals surface area contributed by atoms with Gasteiger partial charge in [0.25, 0.3) is 0 Å². The summed E-state index contributed by atoms with van der Waals surface area (Å²) in [6, 6.07) is 11.0. The molecule has 184 valence electrons. The van der Waals surface area contributed by atoms with Crippen LogP contribution in [0.1, 0.15) is 41.8 Å². The molecule has 10 heteroatoms. The number of sulfonamides is 1. The molecule has 4 rings (SSSR count). The van der Waals surface area contributed by atoms with Crippen molar-refractivity contribution in [2.24, 2.45) is 5.41 Å². The van der Waals surface area contributed by atoms with Gasteiger partial charge in [-0.1, -0.05) is 18.2 Å². The van der Waals surface area contributed by atoms with Crippen molar-refractivity contribution >= 4 is 33.2 Å². The summed E-state index contributed by atoms with van der Waals surface area (Å²) in [5, 5.41) is 1.60. The average Bonchev–Trinajstić information content (AvgIpc) is 3.51. The molecule has 2 fully saturated rings. The molecule has 8 nitrogen and oxygen atoms in total. The summed E-state index contributed by atoms with van der Waals surface area (Å²) in [4.78, 5) is 26.6. The van der Waals surface area contributed by atoms with Crippen molar-refractivity contribution in [1.82, 2.24) is 9.21 Å². The van der Waals surface area contributed by atoms with E-state index in [1.807, 2.05) is 35.2 Å². The highest BCUT2D eigenvalue weighted by Crippen LogP contribution is 2.43. The Balaban J connectivity index is 1.27. The Bertz CT molecular complexity index is 1110. The fourth-order valence-corrected chi connectivity index (χ4v) is 7.57. The Kier molecular flexibility index (Phi) is 7.59. The van der Waals surface area contributed by atoms with Crippen molar-refractivity contribution in [3.63, 3.8) is 0 Å². The van der Waals surface area contributed by atoms with Gasteiger partial charge in [0.15, 0.2) is 0 Å². The summed E-state index contributed by atoms with van der Waals surface area (Å²) in [7, 11) is -2.53. The van der Waals surface area contributed by atoms with Crippen molar-refractivity contribution in [1.29, 1.82) is 0 Å². The van der Waals surface area contributed by atoms with Gasteiger partial charge in [0.1, 0.15) is 15.5 Å². The molecular weight excluding hydrogens is 476 g/mol. The van der Waals surface area contributed by atoms with Crippen LogP contribution in [0.2, 0.25) is 0 Å². The number of ether oxygens (including phenoxy) is 2. The zero-order valence-corrected chi connectivity index (χ0v) is 20.9. The van der Waals surface area contributed by atoms with E-state index >= 15 is 0 Å². The number of thiophene rings is 1. The Labute approximate surface area is 204 Å². The topological polar surface area (TPSA) is 93.2 Å². The molecule has 0 N–H and O–H groups in total. The maximum Gasteiger partial charge on any atom is 0.349 e. The van der Waals surface area contributed by atoms with E-state index in [0.717, 1.165) is 36.3 Å². The highest BCUT2D eigenvalue weighted by atomic mass is 32.2. The number of hydrogen-bond donors (Lipinski definition) is 0. The minimum atomic E-state index is -3.78. The Morgan fingerprint density at radius 1 is 1.06 bits per heavy atom. The zero-order valence-electron chi connectivity index (χ0n) is 19.3. The molecule has 0 unspecified atom stereocenters. The van der Waals surface area contributed by atoms with Crippen molar-refractivity contribution in [2.45, 2.75) is 37.0 Å². The van der Waals surface area contributed by atoms with E-state index in [0.29, 0.717) is 45.6 Å². The van der Waals surface area contributed by atoms with Crippen LogP contribution < -0.4 is 4.74 Å². The predicted molar refractivity (Wildman–Crippen MR) is 128 cm³/mol. The first-order valence-electron chi connectivity index (χ1n) is 11.5. The largest absolute Gasteiger partial charge is 0.494 e. The summed E-state index contributed by atoms with van der Waals surface area (Å²) >= 11 is 1.07. The monoisotopic (exact) mass is 506 g/mol. The minimum absolute atomic E-state index is 0.0201. The molecule has 1 aromatic carbocycles. The molecule has 0 aliphatic carbocycles. The van der Waals surface area contributed by atoms with Gasteiger partial charge < -0.3 is 14.4 Å². The smallest absolute Gasteiger partial charge is 0.349 e. The van der Waals surface area contributed by atoms with E-state index in [1.165, 1.54) is 17.5 Å². The zero-order chi connectivity index (χ0) is 24.2. The number of carbonyl (C=O) groups excluding carboxylic acids is 2. The van der Waals surface area contributed by atoms with Gasteiger partial charge in [0.2, 0.25) is 15.9 Å². The van der Waals surface area contributed by atoms with Gasteiger partial charge in [-0.3, -0.25) is 4.79 Å². The van der Waals surface area contributed by atoms with Crippen LogP contribution in [0, 0.1) is 5.41 Å². The van der Waals surface area contributed by atoms with Gasteiger partial charge in [-0.05, 0) is 54.7 Å².